The normalized spacial score (nSPS) is 10.3. The Morgan fingerprint density at radius 3 is 1.03 bits per heavy atom. The zero-order chi connectivity index (χ0) is 23.1. The zero-order valence-corrected chi connectivity index (χ0v) is 17.5. The van der Waals surface area contributed by atoms with Gasteiger partial charge in [0.05, 0.1) is 0 Å². The second kappa shape index (κ2) is 10.2. The summed E-state index contributed by atoms with van der Waals surface area (Å²) in [6.07, 6.45) is 0. The van der Waals surface area contributed by atoms with Crippen LogP contribution in [0.2, 0.25) is 0 Å². The van der Waals surface area contributed by atoms with E-state index in [4.69, 9.17) is 10.2 Å². The minimum absolute atomic E-state index is 0.127. The Labute approximate surface area is 186 Å². The number of carbonyl (C=O) groups is 1. The van der Waals surface area contributed by atoms with Gasteiger partial charge < -0.3 is 20.4 Å². The largest absolute Gasteiger partial charge is 0.508 e. The fourth-order valence-electron chi connectivity index (χ4n) is 3.11. The van der Waals surface area contributed by atoms with Crippen molar-refractivity contribution in [2.24, 2.45) is 0 Å². The Hall–Kier alpha value is -4.25. The van der Waals surface area contributed by atoms with Crippen LogP contribution in [-0.2, 0) is 0 Å². The van der Waals surface area contributed by atoms with E-state index in [-0.39, 0.29) is 34.7 Å². The highest BCUT2D eigenvalue weighted by atomic mass is 16.3. The molecule has 0 aliphatic carbocycles. The maximum atomic E-state index is 11.9. The molecule has 4 aromatic rings. The van der Waals surface area contributed by atoms with Crippen molar-refractivity contribution in [1.29, 1.82) is 0 Å². The first-order valence-electron chi connectivity index (χ1n) is 10.0. The molecule has 0 heterocycles. The molecule has 0 fully saturated rings. The van der Waals surface area contributed by atoms with E-state index in [0.29, 0.717) is 11.1 Å². The molecule has 0 saturated heterocycles. The van der Waals surface area contributed by atoms with Gasteiger partial charge in [-0.15, -0.1) is 0 Å². The third kappa shape index (κ3) is 5.89. The Bertz CT molecular complexity index is 1050. The Balaban J connectivity index is 0.000000181. The monoisotopic (exact) mass is 428 g/mol. The number of phenols is 4. The highest BCUT2D eigenvalue weighted by molar-refractivity contribution is 6.09. The van der Waals surface area contributed by atoms with Gasteiger partial charge in [-0.25, -0.2) is 0 Å². The average molecular weight is 428 g/mol. The van der Waals surface area contributed by atoms with E-state index in [2.05, 4.69) is 6.92 Å². The van der Waals surface area contributed by atoms with E-state index in [1.807, 2.05) is 24.3 Å². The molecule has 0 aliphatic heterocycles. The number of ketones is 1. The van der Waals surface area contributed by atoms with E-state index < -0.39 is 0 Å². The van der Waals surface area contributed by atoms with E-state index in [1.165, 1.54) is 24.3 Å². The predicted octanol–water partition coefficient (Wildman–Crippen LogP) is 5.58. The smallest absolute Gasteiger partial charge is 0.193 e. The molecule has 0 radical (unpaired) electrons. The molecule has 0 spiro atoms. The first-order chi connectivity index (χ1) is 15.3. The fraction of sp³-hybridized carbons (Fsp3) is 0.0741. The number of hydrogen-bond donors (Lipinski definition) is 4. The summed E-state index contributed by atoms with van der Waals surface area (Å²) in [6.45, 7) is 2.10. The van der Waals surface area contributed by atoms with Gasteiger partial charge in [-0.1, -0.05) is 31.2 Å². The summed E-state index contributed by atoms with van der Waals surface area (Å²) >= 11 is 0. The fourth-order valence-corrected chi connectivity index (χ4v) is 3.11. The van der Waals surface area contributed by atoms with Crippen molar-refractivity contribution >= 4 is 5.78 Å². The number of rotatable bonds is 4. The van der Waals surface area contributed by atoms with Gasteiger partial charge in [0.2, 0.25) is 0 Å². The number of phenolic OH excluding ortho intramolecular Hbond substituents is 4. The van der Waals surface area contributed by atoms with Crippen molar-refractivity contribution in [3.8, 4) is 23.0 Å². The van der Waals surface area contributed by atoms with Crippen LogP contribution in [0.5, 0.6) is 23.0 Å². The molecule has 32 heavy (non-hydrogen) atoms. The summed E-state index contributed by atoms with van der Waals surface area (Å²) in [5.74, 6) is 0.925. The van der Waals surface area contributed by atoms with Crippen LogP contribution in [0.3, 0.4) is 0 Å². The molecule has 0 aliphatic rings. The molecule has 0 amide bonds. The molecule has 0 atom stereocenters. The first-order valence-corrected chi connectivity index (χ1v) is 10.0. The van der Waals surface area contributed by atoms with Crippen molar-refractivity contribution in [2.75, 3.05) is 0 Å². The molecule has 5 nitrogen and oxygen atoms in total. The van der Waals surface area contributed by atoms with Gasteiger partial charge in [0.1, 0.15) is 23.0 Å². The Morgan fingerprint density at radius 2 is 0.750 bits per heavy atom. The minimum atomic E-state index is -0.139. The van der Waals surface area contributed by atoms with E-state index >= 15 is 0 Å². The lowest BCUT2D eigenvalue weighted by molar-refractivity contribution is 0.103. The van der Waals surface area contributed by atoms with Gasteiger partial charge in [-0.05, 0) is 83.9 Å². The molecular formula is C27H24O5. The van der Waals surface area contributed by atoms with Crippen LogP contribution in [0.4, 0.5) is 0 Å². The lowest BCUT2D eigenvalue weighted by Gasteiger charge is -2.12. The molecule has 4 N–H and O–H groups in total. The van der Waals surface area contributed by atoms with Crippen LogP contribution in [0, 0.1) is 0 Å². The van der Waals surface area contributed by atoms with Gasteiger partial charge >= 0.3 is 0 Å². The van der Waals surface area contributed by atoms with Crippen LogP contribution in [0.25, 0.3) is 0 Å². The van der Waals surface area contributed by atoms with Crippen LogP contribution >= 0.6 is 0 Å². The summed E-state index contributed by atoms with van der Waals surface area (Å²) in [7, 11) is 0. The van der Waals surface area contributed by atoms with Gasteiger partial charge in [0.15, 0.2) is 5.78 Å². The minimum Gasteiger partial charge on any atom is -0.508 e. The maximum absolute atomic E-state index is 11.9. The second-order valence-corrected chi connectivity index (χ2v) is 7.33. The summed E-state index contributed by atoms with van der Waals surface area (Å²) in [6, 6.07) is 26.5. The number of hydrogen-bond acceptors (Lipinski definition) is 5. The zero-order valence-electron chi connectivity index (χ0n) is 17.5. The van der Waals surface area contributed by atoms with Crippen LogP contribution < -0.4 is 0 Å². The number of carbonyl (C=O) groups excluding carboxylic acids is 1. The standard InChI is InChI=1S/C14H14O2.C13H10O3/c1-10(11-2-6-13(15)7-3-11)12-4-8-14(16)9-5-12;14-11-5-1-9(2-6-11)13(16)10-3-7-12(15)8-4-10/h2-10,15-16H,1H3;1-8,14-15H. The van der Waals surface area contributed by atoms with Crippen molar-refractivity contribution in [1.82, 2.24) is 0 Å². The summed E-state index contributed by atoms with van der Waals surface area (Å²) in [5.41, 5.74) is 3.29. The highest BCUT2D eigenvalue weighted by Crippen LogP contribution is 2.26. The molecule has 162 valence electrons. The Morgan fingerprint density at radius 1 is 0.500 bits per heavy atom. The lowest BCUT2D eigenvalue weighted by Crippen LogP contribution is -2.00. The quantitative estimate of drug-likeness (QED) is 0.318. The maximum Gasteiger partial charge on any atom is 0.193 e. The van der Waals surface area contributed by atoms with Crippen LogP contribution in [-0.4, -0.2) is 26.2 Å². The Kier molecular flexibility index (Phi) is 7.13. The second-order valence-electron chi connectivity index (χ2n) is 7.33. The van der Waals surface area contributed by atoms with Gasteiger partial charge in [0.25, 0.3) is 0 Å². The van der Waals surface area contributed by atoms with Crippen LogP contribution in [0.1, 0.15) is 39.9 Å². The van der Waals surface area contributed by atoms with Crippen molar-refractivity contribution in [3.05, 3.63) is 119 Å². The molecule has 0 saturated carbocycles. The van der Waals surface area contributed by atoms with Crippen molar-refractivity contribution < 1.29 is 25.2 Å². The SMILES string of the molecule is CC(c1ccc(O)cc1)c1ccc(O)cc1.O=C(c1ccc(O)cc1)c1ccc(O)cc1. The van der Waals surface area contributed by atoms with E-state index in [1.54, 1.807) is 48.5 Å². The summed E-state index contributed by atoms with van der Waals surface area (Å²) < 4.78 is 0. The number of benzene rings is 4. The predicted molar refractivity (Wildman–Crippen MR) is 123 cm³/mol. The molecule has 4 aromatic carbocycles. The van der Waals surface area contributed by atoms with Crippen molar-refractivity contribution in [2.45, 2.75) is 12.8 Å². The molecular weight excluding hydrogens is 404 g/mol. The first kappa shape index (κ1) is 22.4. The topological polar surface area (TPSA) is 98.0 Å². The highest BCUT2D eigenvalue weighted by Gasteiger charge is 2.09. The van der Waals surface area contributed by atoms with Crippen molar-refractivity contribution in [3.63, 3.8) is 0 Å². The summed E-state index contributed by atoms with van der Waals surface area (Å²) in [4.78, 5) is 11.9. The summed E-state index contributed by atoms with van der Waals surface area (Å²) in [5, 5.41) is 36.6. The van der Waals surface area contributed by atoms with Crippen LogP contribution in [0.15, 0.2) is 97.1 Å². The molecule has 0 bridgehead atoms. The van der Waals surface area contributed by atoms with E-state index in [0.717, 1.165) is 11.1 Å². The van der Waals surface area contributed by atoms with Gasteiger partial charge in [0, 0.05) is 17.0 Å². The van der Waals surface area contributed by atoms with Gasteiger partial charge in [-0.3, -0.25) is 4.79 Å². The number of aromatic hydroxyl groups is 4. The molecule has 0 unspecified atom stereocenters. The molecule has 0 aromatic heterocycles. The molecule has 5 heteroatoms. The third-order valence-corrected chi connectivity index (χ3v) is 5.05. The van der Waals surface area contributed by atoms with Gasteiger partial charge in [-0.2, -0.15) is 0 Å². The van der Waals surface area contributed by atoms with E-state index in [9.17, 15) is 15.0 Å². The average Bonchev–Trinajstić information content (AvgIpc) is 2.81. The third-order valence-electron chi connectivity index (χ3n) is 5.05. The lowest BCUT2D eigenvalue weighted by atomic mass is 9.93. The molecule has 4 rings (SSSR count).